The number of rotatable bonds is 7. The van der Waals surface area contributed by atoms with E-state index in [0.29, 0.717) is 28.4 Å². The maximum atomic E-state index is 13.0. The minimum Gasteiger partial charge on any atom is -0.493 e. The molecule has 0 spiro atoms. The SMILES string of the molecule is COc1cccc(C(=O)Nc2ccc(C)c(S(=O)(=O)Nc3cccc(C)c3)c2)c1OC. The highest BCUT2D eigenvalue weighted by Gasteiger charge is 2.20. The molecule has 3 rings (SSSR count). The Bertz CT molecular complexity index is 1220. The second kappa shape index (κ2) is 9.09. The fourth-order valence-corrected chi connectivity index (χ4v) is 4.47. The number of nitrogens with one attached hydrogen (secondary N) is 2. The average molecular weight is 441 g/mol. The van der Waals surface area contributed by atoms with Crippen molar-refractivity contribution in [2.75, 3.05) is 24.3 Å². The van der Waals surface area contributed by atoms with E-state index in [9.17, 15) is 13.2 Å². The first-order valence-corrected chi connectivity index (χ1v) is 11.0. The molecule has 0 bridgehead atoms. The number of sulfonamides is 1. The molecule has 0 aliphatic rings. The van der Waals surface area contributed by atoms with E-state index in [1.54, 1.807) is 55.5 Å². The molecule has 31 heavy (non-hydrogen) atoms. The lowest BCUT2D eigenvalue weighted by atomic mass is 10.1. The summed E-state index contributed by atoms with van der Waals surface area (Å²) in [5.74, 6) is 0.267. The van der Waals surface area contributed by atoms with Gasteiger partial charge in [-0.1, -0.05) is 24.3 Å². The summed E-state index contributed by atoms with van der Waals surface area (Å²) in [4.78, 5) is 12.9. The van der Waals surface area contributed by atoms with Gasteiger partial charge in [0.2, 0.25) is 0 Å². The largest absolute Gasteiger partial charge is 0.493 e. The number of hydrogen-bond donors (Lipinski definition) is 2. The van der Waals surface area contributed by atoms with E-state index in [2.05, 4.69) is 10.0 Å². The summed E-state index contributed by atoms with van der Waals surface area (Å²) < 4.78 is 39.1. The third-order valence-corrected chi connectivity index (χ3v) is 6.18. The quantitative estimate of drug-likeness (QED) is 0.569. The number of aryl methyl sites for hydroxylation is 2. The van der Waals surface area contributed by atoms with Gasteiger partial charge >= 0.3 is 0 Å². The summed E-state index contributed by atoms with van der Waals surface area (Å²) in [6.07, 6.45) is 0. The molecule has 3 aromatic rings. The van der Waals surface area contributed by atoms with Gasteiger partial charge in [0.1, 0.15) is 0 Å². The first kappa shape index (κ1) is 22.2. The van der Waals surface area contributed by atoms with Crippen LogP contribution in [0, 0.1) is 13.8 Å². The third-order valence-electron chi connectivity index (χ3n) is 4.65. The lowest BCUT2D eigenvalue weighted by Gasteiger charge is -2.14. The van der Waals surface area contributed by atoms with E-state index in [1.165, 1.54) is 20.3 Å². The molecular formula is C23H24N2O5S. The second-order valence-corrected chi connectivity index (χ2v) is 8.60. The molecule has 0 aromatic heterocycles. The molecule has 7 nitrogen and oxygen atoms in total. The van der Waals surface area contributed by atoms with Gasteiger partial charge in [0.05, 0.1) is 24.7 Å². The number of ether oxygens (including phenoxy) is 2. The van der Waals surface area contributed by atoms with Crippen LogP contribution in [0.2, 0.25) is 0 Å². The number of methoxy groups -OCH3 is 2. The number of hydrogen-bond acceptors (Lipinski definition) is 5. The molecule has 0 saturated heterocycles. The first-order valence-electron chi connectivity index (χ1n) is 9.47. The third kappa shape index (κ3) is 4.97. The molecule has 0 heterocycles. The Morgan fingerprint density at radius 1 is 0.871 bits per heavy atom. The minimum atomic E-state index is -3.85. The van der Waals surface area contributed by atoms with E-state index in [1.807, 2.05) is 13.0 Å². The molecule has 0 aliphatic carbocycles. The van der Waals surface area contributed by atoms with E-state index < -0.39 is 15.9 Å². The van der Waals surface area contributed by atoms with Crippen LogP contribution in [0.3, 0.4) is 0 Å². The van der Waals surface area contributed by atoms with Crippen LogP contribution in [0.1, 0.15) is 21.5 Å². The average Bonchev–Trinajstić information content (AvgIpc) is 2.73. The predicted molar refractivity (Wildman–Crippen MR) is 121 cm³/mol. The van der Waals surface area contributed by atoms with E-state index in [4.69, 9.17) is 9.47 Å². The smallest absolute Gasteiger partial charge is 0.262 e. The normalized spacial score (nSPS) is 11.0. The van der Waals surface area contributed by atoms with E-state index in [0.717, 1.165) is 5.56 Å². The molecule has 3 aromatic carbocycles. The van der Waals surface area contributed by atoms with Gasteiger partial charge < -0.3 is 14.8 Å². The van der Waals surface area contributed by atoms with Crippen molar-refractivity contribution >= 4 is 27.3 Å². The Labute approximate surface area is 182 Å². The zero-order chi connectivity index (χ0) is 22.6. The Balaban J connectivity index is 1.90. The number of anilines is 2. The summed E-state index contributed by atoms with van der Waals surface area (Å²) in [7, 11) is -0.923. The topological polar surface area (TPSA) is 93.7 Å². The number of carbonyl (C=O) groups excluding carboxylic acids is 1. The van der Waals surface area contributed by atoms with E-state index >= 15 is 0 Å². The molecular weight excluding hydrogens is 416 g/mol. The highest BCUT2D eigenvalue weighted by molar-refractivity contribution is 7.92. The van der Waals surface area contributed by atoms with Crippen LogP contribution in [-0.2, 0) is 10.0 Å². The maximum Gasteiger partial charge on any atom is 0.262 e. The van der Waals surface area contributed by atoms with Crippen molar-refractivity contribution in [1.82, 2.24) is 0 Å². The maximum absolute atomic E-state index is 13.0. The van der Waals surface area contributed by atoms with Crippen molar-refractivity contribution in [1.29, 1.82) is 0 Å². The van der Waals surface area contributed by atoms with E-state index in [-0.39, 0.29) is 10.5 Å². The number of carbonyl (C=O) groups is 1. The highest BCUT2D eigenvalue weighted by atomic mass is 32.2. The molecule has 0 unspecified atom stereocenters. The van der Waals surface area contributed by atoms with Crippen molar-refractivity contribution in [2.24, 2.45) is 0 Å². The van der Waals surface area contributed by atoms with Crippen LogP contribution in [0.15, 0.2) is 65.6 Å². The zero-order valence-electron chi connectivity index (χ0n) is 17.7. The molecule has 0 atom stereocenters. The lowest BCUT2D eigenvalue weighted by Crippen LogP contribution is -2.17. The van der Waals surface area contributed by atoms with Crippen LogP contribution in [0.25, 0.3) is 0 Å². The second-order valence-electron chi connectivity index (χ2n) is 6.95. The Morgan fingerprint density at radius 2 is 1.61 bits per heavy atom. The Kier molecular flexibility index (Phi) is 6.50. The van der Waals surface area contributed by atoms with Gasteiger partial charge in [-0.25, -0.2) is 8.42 Å². The number of para-hydroxylation sites is 1. The summed E-state index contributed by atoms with van der Waals surface area (Å²) >= 11 is 0. The van der Waals surface area contributed by atoms with Crippen LogP contribution in [-0.4, -0.2) is 28.5 Å². The van der Waals surface area contributed by atoms with Crippen LogP contribution < -0.4 is 19.5 Å². The van der Waals surface area contributed by atoms with Crippen molar-refractivity contribution in [2.45, 2.75) is 18.7 Å². The van der Waals surface area contributed by atoms with Crippen LogP contribution in [0.4, 0.5) is 11.4 Å². The molecule has 1 amide bonds. The van der Waals surface area contributed by atoms with Crippen LogP contribution in [0.5, 0.6) is 11.5 Å². The zero-order valence-corrected chi connectivity index (χ0v) is 18.5. The number of amides is 1. The summed E-state index contributed by atoms with van der Waals surface area (Å²) in [6.45, 7) is 3.58. The van der Waals surface area contributed by atoms with Gasteiger partial charge in [0.15, 0.2) is 11.5 Å². The van der Waals surface area contributed by atoms with Gasteiger partial charge in [0, 0.05) is 11.4 Å². The summed E-state index contributed by atoms with van der Waals surface area (Å²) in [5.41, 5.74) is 2.56. The molecule has 0 saturated carbocycles. The predicted octanol–water partition coefficient (Wildman–Crippen LogP) is 4.37. The first-order chi connectivity index (χ1) is 14.7. The van der Waals surface area contributed by atoms with Crippen molar-refractivity contribution in [3.8, 4) is 11.5 Å². The van der Waals surface area contributed by atoms with Gasteiger partial charge in [-0.05, 0) is 61.4 Å². The van der Waals surface area contributed by atoms with Crippen LogP contribution >= 0.6 is 0 Å². The molecule has 2 N–H and O–H groups in total. The molecule has 0 fully saturated rings. The summed E-state index contributed by atoms with van der Waals surface area (Å²) in [6, 6.07) is 16.8. The highest BCUT2D eigenvalue weighted by Crippen LogP contribution is 2.31. The van der Waals surface area contributed by atoms with Crippen molar-refractivity contribution < 1.29 is 22.7 Å². The van der Waals surface area contributed by atoms with Crippen molar-refractivity contribution in [3.63, 3.8) is 0 Å². The van der Waals surface area contributed by atoms with Gasteiger partial charge in [-0.3, -0.25) is 9.52 Å². The van der Waals surface area contributed by atoms with Crippen molar-refractivity contribution in [3.05, 3.63) is 77.4 Å². The Morgan fingerprint density at radius 3 is 2.29 bits per heavy atom. The molecule has 8 heteroatoms. The summed E-state index contributed by atoms with van der Waals surface area (Å²) in [5, 5.41) is 2.73. The minimum absolute atomic E-state index is 0.0735. The Hall–Kier alpha value is -3.52. The fraction of sp³-hybridized carbons (Fsp3) is 0.174. The number of benzene rings is 3. The molecule has 0 radical (unpaired) electrons. The lowest BCUT2D eigenvalue weighted by molar-refractivity contribution is 0.102. The monoisotopic (exact) mass is 440 g/mol. The molecule has 162 valence electrons. The van der Waals surface area contributed by atoms with Gasteiger partial charge in [-0.15, -0.1) is 0 Å². The molecule has 0 aliphatic heterocycles. The standard InChI is InChI=1S/C23H24N2O5S/c1-15-7-5-8-18(13-15)25-31(27,28)21-14-17(12-11-16(21)2)24-23(26)19-9-6-10-20(29-3)22(19)30-4/h5-14,25H,1-4H3,(H,24,26). The van der Waals surface area contributed by atoms with Gasteiger partial charge in [0.25, 0.3) is 15.9 Å². The fourth-order valence-electron chi connectivity index (χ4n) is 3.15. The van der Waals surface area contributed by atoms with Gasteiger partial charge in [-0.2, -0.15) is 0 Å².